The SMILES string of the molecule is C=O.C=O.C=O.C=O.C=O.CCCC[N+](CCCC)(CCCC)CCCC.[O]=[Nb](=[O])[O-]. The van der Waals surface area contributed by atoms with Crippen molar-refractivity contribution in [1.29, 1.82) is 0 Å². The number of hydrogen-bond acceptors (Lipinski definition) is 8. The molecule has 0 aliphatic carbocycles. The zero-order valence-corrected chi connectivity index (χ0v) is 22.4. The molecule has 0 amide bonds. The summed E-state index contributed by atoms with van der Waals surface area (Å²) in [5.41, 5.74) is 0. The van der Waals surface area contributed by atoms with E-state index in [4.69, 9.17) is 34.1 Å². The second-order valence-corrected chi connectivity index (χ2v) is 6.97. The van der Waals surface area contributed by atoms with Crippen LogP contribution in [0.2, 0.25) is 0 Å². The van der Waals surface area contributed by atoms with E-state index in [2.05, 4.69) is 27.7 Å². The number of rotatable bonds is 12. The quantitative estimate of drug-likeness (QED) is 0.275. The van der Waals surface area contributed by atoms with Crippen LogP contribution in [0.4, 0.5) is 0 Å². The fourth-order valence-corrected chi connectivity index (χ4v) is 2.64. The molecule has 0 aromatic rings. The molecule has 0 fully saturated rings. The van der Waals surface area contributed by atoms with E-state index >= 15 is 0 Å². The summed E-state index contributed by atoms with van der Waals surface area (Å²) in [7, 11) is 0. The molecular weight excluding hydrogens is 487 g/mol. The summed E-state index contributed by atoms with van der Waals surface area (Å²) in [5, 5.41) is 0. The average Bonchev–Trinajstić information content (AvgIpc) is 2.84. The Morgan fingerprint density at radius 1 is 0.516 bits per heavy atom. The van der Waals surface area contributed by atoms with Gasteiger partial charge in [0.2, 0.25) is 0 Å². The topological polar surface area (TPSA) is 143 Å². The molecule has 0 aromatic heterocycles. The van der Waals surface area contributed by atoms with Gasteiger partial charge in [0.1, 0.15) is 33.9 Å². The normalized spacial score (nSPS) is 8.03. The van der Waals surface area contributed by atoms with E-state index in [0.717, 1.165) is 0 Å². The Kier molecular flexibility index (Phi) is 86.7. The molecule has 0 rings (SSSR count). The molecular formula is C21H46NNbO8. The van der Waals surface area contributed by atoms with Crippen molar-refractivity contribution < 1.29 is 57.4 Å². The van der Waals surface area contributed by atoms with Gasteiger partial charge >= 0.3 is 28.9 Å². The zero-order chi connectivity index (χ0) is 26.6. The molecule has 0 atom stereocenters. The first-order valence-corrected chi connectivity index (χ1v) is 12.8. The van der Waals surface area contributed by atoms with Gasteiger partial charge in [-0.3, -0.25) is 0 Å². The molecule has 0 aliphatic rings. The van der Waals surface area contributed by atoms with Gasteiger partial charge in [0.05, 0.1) is 26.2 Å². The Balaban J connectivity index is -0.0000000685. The van der Waals surface area contributed by atoms with Crippen LogP contribution < -0.4 is 3.61 Å². The van der Waals surface area contributed by atoms with Crippen molar-refractivity contribution >= 4 is 33.9 Å². The van der Waals surface area contributed by atoms with Crippen LogP contribution in [0.5, 0.6) is 0 Å². The van der Waals surface area contributed by atoms with Gasteiger partial charge in [-0.05, 0) is 25.7 Å². The van der Waals surface area contributed by atoms with Crippen molar-refractivity contribution in [3.63, 3.8) is 0 Å². The van der Waals surface area contributed by atoms with E-state index in [1.165, 1.54) is 82.0 Å². The molecule has 0 heterocycles. The average molecular weight is 534 g/mol. The van der Waals surface area contributed by atoms with Crippen molar-refractivity contribution in [3.8, 4) is 0 Å². The second kappa shape index (κ2) is 56.7. The Morgan fingerprint density at radius 2 is 0.645 bits per heavy atom. The summed E-state index contributed by atoms with van der Waals surface area (Å²) < 4.78 is 27.2. The van der Waals surface area contributed by atoms with E-state index in [1.54, 1.807) is 0 Å². The fraction of sp³-hybridized carbons (Fsp3) is 0.762. The molecule has 0 saturated carbocycles. The first-order chi connectivity index (χ1) is 15.0. The molecule has 0 N–H and O–H groups in total. The van der Waals surface area contributed by atoms with Gasteiger partial charge in [0, 0.05) is 0 Å². The maximum atomic E-state index is 8.60. The predicted molar refractivity (Wildman–Crippen MR) is 116 cm³/mol. The maximum absolute atomic E-state index is 8.60. The Hall–Kier alpha value is -1.39. The van der Waals surface area contributed by atoms with E-state index < -0.39 is 18.8 Å². The van der Waals surface area contributed by atoms with Gasteiger partial charge in [-0.2, -0.15) is 0 Å². The standard InChI is InChI=1S/C16H36N.5CH2O.Nb.3O/c1-5-9-13-17(14-10-6-2,15-11-7-3)16-12-8-4;5*1-2;;;;/h5-16H2,1-4H3;5*1H2;;;;/q+1;;;;;;;;;-1. The minimum absolute atomic E-state index is 1.35. The van der Waals surface area contributed by atoms with Crippen LogP contribution in [-0.2, 0) is 49.3 Å². The first-order valence-electron chi connectivity index (χ1n) is 10.1. The van der Waals surface area contributed by atoms with Gasteiger partial charge in [0.15, 0.2) is 0 Å². The molecule has 0 radical (unpaired) electrons. The number of quaternary nitrogens is 1. The van der Waals surface area contributed by atoms with Gasteiger partial charge in [-0.1, -0.05) is 53.4 Å². The number of unbranched alkanes of at least 4 members (excludes halogenated alkanes) is 4. The Bertz CT molecular complexity index is 301. The fourth-order valence-electron chi connectivity index (χ4n) is 2.64. The van der Waals surface area contributed by atoms with Crippen molar-refractivity contribution in [3.05, 3.63) is 0 Å². The van der Waals surface area contributed by atoms with E-state index in [0.29, 0.717) is 0 Å². The molecule has 0 spiro atoms. The van der Waals surface area contributed by atoms with Crippen molar-refractivity contribution in [2.24, 2.45) is 0 Å². The number of carbonyl (C=O) groups is 5. The number of hydrogen-bond donors (Lipinski definition) is 0. The monoisotopic (exact) mass is 533 g/mol. The summed E-state index contributed by atoms with van der Waals surface area (Å²) in [5.74, 6) is 0. The van der Waals surface area contributed by atoms with E-state index in [1.807, 2.05) is 33.9 Å². The van der Waals surface area contributed by atoms with Crippen LogP contribution >= 0.6 is 0 Å². The van der Waals surface area contributed by atoms with Crippen LogP contribution in [-0.4, -0.2) is 64.6 Å². The van der Waals surface area contributed by atoms with Crippen LogP contribution in [0.3, 0.4) is 0 Å². The van der Waals surface area contributed by atoms with Crippen molar-refractivity contribution in [1.82, 2.24) is 0 Å². The molecule has 31 heavy (non-hydrogen) atoms. The molecule has 10 heteroatoms. The van der Waals surface area contributed by atoms with Crippen molar-refractivity contribution in [2.45, 2.75) is 79.1 Å². The minimum atomic E-state index is -4.20. The molecule has 0 unspecified atom stereocenters. The first kappa shape index (κ1) is 47.4. The van der Waals surface area contributed by atoms with Crippen LogP contribution in [0, 0.1) is 0 Å². The third-order valence-electron chi connectivity index (χ3n) is 3.94. The van der Waals surface area contributed by atoms with Gasteiger partial charge in [0.25, 0.3) is 0 Å². The van der Waals surface area contributed by atoms with E-state index in [9.17, 15) is 0 Å². The van der Waals surface area contributed by atoms with Crippen molar-refractivity contribution in [2.75, 3.05) is 26.2 Å². The molecule has 188 valence electrons. The molecule has 0 saturated heterocycles. The van der Waals surface area contributed by atoms with Crippen LogP contribution in [0.15, 0.2) is 0 Å². The Morgan fingerprint density at radius 3 is 0.742 bits per heavy atom. The van der Waals surface area contributed by atoms with Crippen LogP contribution in [0.1, 0.15) is 79.1 Å². The molecule has 0 aliphatic heterocycles. The number of carbonyl (C=O) groups excluding carboxylic acids is 5. The second-order valence-electron chi connectivity index (χ2n) is 5.87. The van der Waals surface area contributed by atoms with Gasteiger partial charge in [-0.15, -0.1) is 0 Å². The van der Waals surface area contributed by atoms with Gasteiger partial charge in [-0.25, -0.2) is 0 Å². The third-order valence-corrected chi connectivity index (χ3v) is 3.94. The Labute approximate surface area is 196 Å². The summed E-state index contributed by atoms with van der Waals surface area (Å²) in [6.07, 6.45) is 11.1. The summed E-state index contributed by atoms with van der Waals surface area (Å²) in [6, 6.07) is 0. The molecule has 0 bridgehead atoms. The van der Waals surface area contributed by atoms with E-state index in [-0.39, 0.29) is 0 Å². The number of nitrogens with zero attached hydrogens (tertiary/aromatic N) is 1. The summed E-state index contributed by atoms with van der Waals surface area (Å²) in [4.78, 5) is 40.0. The molecule has 0 aromatic carbocycles. The zero-order valence-electron chi connectivity index (χ0n) is 20.2. The third kappa shape index (κ3) is 58.5. The summed E-state index contributed by atoms with van der Waals surface area (Å²) >= 11 is -4.20. The predicted octanol–water partition coefficient (Wildman–Crippen LogP) is 2.65. The summed E-state index contributed by atoms with van der Waals surface area (Å²) in [6.45, 7) is 25.0. The van der Waals surface area contributed by atoms with Crippen LogP contribution in [0.25, 0.3) is 0 Å². The molecule has 9 nitrogen and oxygen atoms in total. The van der Waals surface area contributed by atoms with Gasteiger partial charge < -0.3 is 28.5 Å².